The van der Waals surface area contributed by atoms with Crippen molar-refractivity contribution in [1.82, 2.24) is 9.80 Å². The first kappa shape index (κ1) is 23.8. The first-order chi connectivity index (χ1) is 15.6. The molecule has 1 fully saturated rings. The highest BCUT2D eigenvalue weighted by atomic mass is 19.1. The summed E-state index contributed by atoms with van der Waals surface area (Å²) in [6.45, 7) is 5.75. The maximum Gasteiger partial charge on any atom is 0.318 e. The quantitative estimate of drug-likeness (QED) is 0.351. The van der Waals surface area contributed by atoms with Crippen molar-refractivity contribution < 1.29 is 23.8 Å². The van der Waals surface area contributed by atoms with E-state index < -0.39 is 33.0 Å². The van der Waals surface area contributed by atoms with Gasteiger partial charge in [0.15, 0.2) is 0 Å². The van der Waals surface area contributed by atoms with Crippen molar-refractivity contribution in [3.05, 3.63) is 79.3 Å². The van der Waals surface area contributed by atoms with Crippen molar-refractivity contribution in [2.24, 2.45) is 0 Å². The molecular formula is C22H23FN4O6. The summed E-state index contributed by atoms with van der Waals surface area (Å²) in [6, 6.07) is 7.76. The molecule has 2 atom stereocenters. The zero-order valence-corrected chi connectivity index (χ0v) is 18.4. The van der Waals surface area contributed by atoms with E-state index in [1.165, 1.54) is 31.2 Å². The number of hydrogen-bond acceptors (Lipinski definition) is 8. The summed E-state index contributed by atoms with van der Waals surface area (Å²) < 4.78 is 18.8. The van der Waals surface area contributed by atoms with Gasteiger partial charge in [-0.2, -0.15) is 0 Å². The van der Waals surface area contributed by atoms with Gasteiger partial charge in [-0.15, -0.1) is 0 Å². The van der Waals surface area contributed by atoms with Gasteiger partial charge in [-0.05, 0) is 44.0 Å². The smallest absolute Gasteiger partial charge is 0.318 e. The molecule has 0 unspecified atom stereocenters. The van der Waals surface area contributed by atoms with Crippen LogP contribution >= 0.6 is 0 Å². The van der Waals surface area contributed by atoms with Crippen molar-refractivity contribution in [3.63, 3.8) is 0 Å². The summed E-state index contributed by atoms with van der Waals surface area (Å²) in [5.74, 6) is 1.18. The highest BCUT2D eigenvalue weighted by molar-refractivity contribution is 5.61. The SMILES string of the molecule is Cc1cc([N+](=O)[O-])c(OCN2C[C@@H](C)N(Cc3ccc(F)cc3)C(=C=O)[C@@H]2C)c([N+](=O)[O-])c1. The van der Waals surface area contributed by atoms with Gasteiger partial charge in [-0.3, -0.25) is 25.1 Å². The van der Waals surface area contributed by atoms with Gasteiger partial charge in [-0.25, -0.2) is 9.18 Å². The van der Waals surface area contributed by atoms with Gasteiger partial charge in [-0.1, -0.05) is 12.1 Å². The Labute approximate surface area is 189 Å². The molecule has 2 aromatic carbocycles. The number of nitro benzene ring substituents is 2. The van der Waals surface area contributed by atoms with Crippen molar-refractivity contribution in [2.75, 3.05) is 13.3 Å². The molecule has 0 aromatic heterocycles. The first-order valence-electron chi connectivity index (χ1n) is 10.2. The van der Waals surface area contributed by atoms with E-state index in [1.807, 2.05) is 17.8 Å². The van der Waals surface area contributed by atoms with Crippen LogP contribution in [0.25, 0.3) is 0 Å². The molecule has 11 heteroatoms. The maximum absolute atomic E-state index is 13.2. The number of hydrogen-bond donors (Lipinski definition) is 0. The fourth-order valence-corrected chi connectivity index (χ4v) is 3.88. The van der Waals surface area contributed by atoms with Gasteiger partial charge in [0.25, 0.3) is 5.75 Å². The van der Waals surface area contributed by atoms with Crippen LogP contribution in [0.4, 0.5) is 15.8 Å². The number of nitrogens with zero attached hydrogens (tertiary/aromatic N) is 4. The summed E-state index contributed by atoms with van der Waals surface area (Å²) in [5, 5.41) is 22.9. The van der Waals surface area contributed by atoms with Gasteiger partial charge < -0.3 is 9.64 Å². The molecule has 174 valence electrons. The summed E-state index contributed by atoms with van der Waals surface area (Å²) in [5.41, 5.74) is 0.531. The van der Waals surface area contributed by atoms with Gasteiger partial charge in [0.2, 0.25) is 0 Å². The monoisotopic (exact) mass is 458 g/mol. The standard InChI is InChI=1S/C22H23FN4O6/c1-14-8-19(26(29)30)22(20(9-14)27(31)32)33-13-24-10-15(2)25(21(12-28)16(24)3)11-17-4-6-18(23)7-5-17/h4-9,15-16H,10-11,13H2,1-3H3/t15-,16+/m1/s1. The molecule has 0 radical (unpaired) electrons. The molecule has 0 saturated carbocycles. The predicted octanol–water partition coefficient (Wildman–Crippen LogP) is 3.60. The number of aryl methyl sites for hydroxylation is 1. The van der Waals surface area contributed by atoms with E-state index in [0.717, 1.165) is 5.56 Å². The Morgan fingerprint density at radius 3 is 2.21 bits per heavy atom. The largest absolute Gasteiger partial charge is 0.466 e. The van der Waals surface area contributed by atoms with Gasteiger partial charge in [0.05, 0.1) is 15.9 Å². The van der Waals surface area contributed by atoms with Crippen LogP contribution < -0.4 is 4.74 Å². The first-order valence-corrected chi connectivity index (χ1v) is 10.2. The molecular weight excluding hydrogens is 435 g/mol. The van der Waals surface area contributed by atoms with Crippen LogP contribution in [0, 0.1) is 33.0 Å². The van der Waals surface area contributed by atoms with Crippen molar-refractivity contribution in [3.8, 4) is 5.75 Å². The Hall–Kier alpha value is -3.82. The normalized spacial score (nSPS) is 18.7. The minimum atomic E-state index is -0.723. The molecule has 0 amide bonds. The van der Waals surface area contributed by atoms with Crippen LogP contribution in [0.5, 0.6) is 5.75 Å². The van der Waals surface area contributed by atoms with E-state index in [4.69, 9.17) is 4.74 Å². The molecule has 1 aliphatic rings. The molecule has 2 aromatic rings. The lowest BCUT2D eigenvalue weighted by Gasteiger charge is -2.45. The Bertz CT molecular complexity index is 1080. The second kappa shape index (κ2) is 9.76. The van der Waals surface area contributed by atoms with Gasteiger partial charge >= 0.3 is 11.4 Å². The molecule has 0 spiro atoms. The highest BCUT2D eigenvalue weighted by Gasteiger charge is 2.35. The van der Waals surface area contributed by atoms with E-state index in [9.17, 15) is 29.4 Å². The lowest BCUT2D eigenvalue weighted by atomic mass is 10.0. The molecule has 0 bridgehead atoms. The van der Waals surface area contributed by atoms with Crippen LogP contribution in [-0.4, -0.2) is 50.9 Å². The summed E-state index contributed by atoms with van der Waals surface area (Å²) in [7, 11) is 0. The minimum absolute atomic E-state index is 0.172. The molecule has 33 heavy (non-hydrogen) atoms. The average molecular weight is 458 g/mol. The van der Waals surface area contributed by atoms with Gasteiger partial charge in [0.1, 0.15) is 24.2 Å². The topological polar surface area (TPSA) is 119 Å². The van der Waals surface area contributed by atoms with Crippen LogP contribution in [0.1, 0.15) is 25.0 Å². The third-order valence-electron chi connectivity index (χ3n) is 5.62. The molecule has 1 aliphatic heterocycles. The number of halogens is 1. The van der Waals surface area contributed by atoms with Crippen LogP contribution in [0.3, 0.4) is 0 Å². The fourth-order valence-electron chi connectivity index (χ4n) is 3.88. The highest BCUT2D eigenvalue weighted by Crippen LogP contribution is 2.38. The van der Waals surface area contributed by atoms with E-state index in [-0.39, 0.29) is 18.6 Å². The molecule has 1 saturated heterocycles. The predicted molar refractivity (Wildman–Crippen MR) is 117 cm³/mol. The number of piperazine rings is 1. The third-order valence-corrected chi connectivity index (χ3v) is 5.62. The molecule has 0 aliphatic carbocycles. The lowest BCUT2D eigenvalue weighted by molar-refractivity contribution is -0.396. The number of benzene rings is 2. The number of rotatable bonds is 7. The second-order valence-corrected chi connectivity index (χ2v) is 7.96. The zero-order valence-electron chi connectivity index (χ0n) is 18.4. The third kappa shape index (κ3) is 5.16. The van der Waals surface area contributed by atoms with Crippen molar-refractivity contribution in [2.45, 2.75) is 39.4 Å². The van der Waals surface area contributed by atoms with Crippen molar-refractivity contribution >= 4 is 17.3 Å². The number of carbonyl (C=O) groups excluding carboxylic acids is 1. The summed E-state index contributed by atoms with van der Waals surface area (Å²) in [6.07, 6.45) is 0. The lowest BCUT2D eigenvalue weighted by Crippen LogP contribution is -2.55. The summed E-state index contributed by atoms with van der Waals surface area (Å²) in [4.78, 5) is 36.9. The van der Waals surface area contributed by atoms with Crippen LogP contribution in [0.15, 0.2) is 42.1 Å². The van der Waals surface area contributed by atoms with Crippen LogP contribution in [0.2, 0.25) is 0 Å². The van der Waals surface area contributed by atoms with E-state index >= 15 is 0 Å². The second-order valence-electron chi connectivity index (χ2n) is 7.96. The number of nitro groups is 2. The summed E-state index contributed by atoms with van der Waals surface area (Å²) >= 11 is 0. The van der Waals surface area contributed by atoms with E-state index in [1.54, 1.807) is 24.0 Å². The van der Waals surface area contributed by atoms with Crippen LogP contribution in [-0.2, 0) is 11.3 Å². The van der Waals surface area contributed by atoms with E-state index in [0.29, 0.717) is 24.4 Å². The molecule has 0 N–H and O–H groups in total. The maximum atomic E-state index is 13.2. The van der Waals surface area contributed by atoms with E-state index in [2.05, 4.69) is 0 Å². The molecule has 3 rings (SSSR count). The average Bonchev–Trinajstić information content (AvgIpc) is 2.76. The Balaban J connectivity index is 1.81. The van der Waals surface area contributed by atoms with Crippen molar-refractivity contribution in [1.29, 1.82) is 0 Å². The fraction of sp³-hybridized carbons (Fsp3) is 0.364. The van der Waals surface area contributed by atoms with Gasteiger partial charge in [0, 0.05) is 31.3 Å². The Morgan fingerprint density at radius 2 is 1.70 bits per heavy atom. The molecule has 1 heterocycles. The zero-order chi connectivity index (χ0) is 24.3. The molecule has 10 nitrogen and oxygen atoms in total. The number of ether oxygens (including phenoxy) is 1. The minimum Gasteiger partial charge on any atom is -0.466 e. The Kier molecular flexibility index (Phi) is 7.05. The Morgan fingerprint density at radius 1 is 1.12 bits per heavy atom.